The fourth-order valence-corrected chi connectivity index (χ4v) is 7.17. The number of nitrogens with zero attached hydrogens (tertiary/aromatic N) is 3. The van der Waals surface area contributed by atoms with Crippen LogP contribution in [-0.4, -0.2) is 35.2 Å². The minimum Gasteiger partial charge on any atom is -0.426 e. The van der Waals surface area contributed by atoms with E-state index in [0.717, 1.165) is 6.42 Å². The lowest BCUT2D eigenvalue weighted by Crippen LogP contribution is -2.40. The molecule has 10 nitrogen and oxygen atoms in total. The molecule has 2 aliphatic heterocycles. The molecule has 7 atom stereocenters. The summed E-state index contributed by atoms with van der Waals surface area (Å²) in [6.45, 7) is 1.64. The van der Waals surface area contributed by atoms with Gasteiger partial charge >= 0.3 is 5.97 Å². The van der Waals surface area contributed by atoms with Crippen molar-refractivity contribution in [3.8, 4) is 5.75 Å². The summed E-state index contributed by atoms with van der Waals surface area (Å²) in [7, 11) is 0. The van der Waals surface area contributed by atoms with Crippen LogP contribution in [0.2, 0.25) is 0 Å². The van der Waals surface area contributed by atoms with E-state index in [2.05, 4.69) is 12.2 Å². The first-order chi connectivity index (χ1) is 18.7. The molecule has 2 saturated heterocycles. The van der Waals surface area contributed by atoms with Gasteiger partial charge in [-0.3, -0.25) is 29.3 Å². The van der Waals surface area contributed by atoms with E-state index in [-0.39, 0.29) is 65.8 Å². The van der Waals surface area contributed by atoms with E-state index >= 15 is 0 Å². The van der Waals surface area contributed by atoms with Crippen LogP contribution in [0.5, 0.6) is 5.75 Å². The number of allylic oxidation sites excluding steroid dienone is 2. The molecule has 2 aromatic carbocycles. The number of nitro benzene ring substituents is 1. The normalized spacial score (nSPS) is 31.9. The Morgan fingerprint density at radius 1 is 0.974 bits per heavy atom. The standard InChI is InChI=1S/C29H25N3O7/c1-14-5-6-16(11-23(14)32(37)38)30-13-15(9-24(30)33)29(36)39-18-4-2-3-17(10-18)31-27(34)25-19-7-8-20(22-12-21(19)22)26(25)28(31)35/h2-8,10-11,15,19-22,25-26H,9,12-13H2,1H3/t15-,19+,20+,21-,22+,25-,26+/m1/s1. The Balaban J connectivity index is 1.07. The molecule has 8 rings (SSSR count). The molecule has 6 aliphatic rings. The molecule has 0 N–H and O–H groups in total. The van der Waals surface area contributed by atoms with Crippen LogP contribution in [0.15, 0.2) is 54.6 Å². The lowest BCUT2D eigenvalue weighted by molar-refractivity contribution is -0.385. The maximum absolute atomic E-state index is 13.4. The van der Waals surface area contributed by atoms with Crippen molar-refractivity contribution in [1.29, 1.82) is 0 Å². The first kappa shape index (κ1) is 23.8. The van der Waals surface area contributed by atoms with E-state index in [1.807, 2.05) is 0 Å². The van der Waals surface area contributed by atoms with Crippen LogP contribution in [0.25, 0.3) is 0 Å². The molecule has 2 heterocycles. The van der Waals surface area contributed by atoms with Gasteiger partial charge in [-0.05, 0) is 55.2 Å². The van der Waals surface area contributed by atoms with Crippen molar-refractivity contribution < 1.29 is 28.8 Å². The zero-order chi connectivity index (χ0) is 27.2. The fraction of sp³-hybridized carbons (Fsp3) is 0.379. The van der Waals surface area contributed by atoms with E-state index in [1.165, 1.54) is 21.9 Å². The van der Waals surface area contributed by atoms with Crippen LogP contribution in [0.3, 0.4) is 0 Å². The SMILES string of the molecule is Cc1ccc(N2C[C@H](C(=O)Oc3cccc(N4C(=O)[C@@H]5[C@H]6C=C[C@@H]([C@@H]7C[C@H]67)[C@@H]5C4=O)c3)CC2=O)cc1[N+](=O)[O-]. The van der Waals surface area contributed by atoms with Gasteiger partial charge in [-0.1, -0.05) is 24.3 Å². The summed E-state index contributed by atoms with van der Waals surface area (Å²) in [5.74, 6) is -1.34. The van der Waals surface area contributed by atoms with E-state index < -0.39 is 16.8 Å². The number of carbonyl (C=O) groups excluding carboxylic acids is 4. The van der Waals surface area contributed by atoms with Gasteiger partial charge in [-0.15, -0.1) is 0 Å². The monoisotopic (exact) mass is 527 g/mol. The van der Waals surface area contributed by atoms with Crippen molar-refractivity contribution in [3.63, 3.8) is 0 Å². The largest absolute Gasteiger partial charge is 0.426 e. The van der Waals surface area contributed by atoms with Crippen molar-refractivity contribution in [3.05, 3.63) is 70.3 Å². The van der Waals surface area contributed by atoms with Crippen molar-refractivity contribution in [2.45, 2.75) is 19.8 Å². The van der Waals surface area contributed by atoms with Crippen LogP contribution in [0, 0.1) is 58.5 Å². The van der Waals surface area contributed by atoms with Gasteiger partial charge in [0.1, 0.15) is 5.75 Å². The molecule has 2 bridgehead atoms. The highest BCUT2D eigenvalue weighted by molar-refractivity contribution is 6.22. The van der Waals surface area contributed by atoms with E-state index in [0.29, 0.717) is 28.8 Å². The number of aryl methyl sites for hydroxylation is 1. The summed E-state index contributed by atoms with van der Waals surface area (Å²) < 4.78 is 5.59. The Hall–Kier alpha value is -4.34. The smallest absolute Gasteiger partial charge is 0.316 e. The van der Waals surface area contributed by atoms with Crippen LogP contribution in [-0.2, 0) is 19.2 Å². The number of nitro groups is 1. The average molecular weight is 528 g/mol. The summed E-state index contributed by atoms with van der Waals surface area (Å²) in [6, 6.07) is 10.9. The maximum atomic E-state index is 13.4. The number of amides is 3. The predicted molar refractivity (Wildman–Crippen MR) is 138 cm³/mol. The van der Waals surface area contributed by atoms with E-state index in [1.54, 1.807) is 37.3 Å². The summed E-state index contributed by atoms with van der Waals surface area (Å²) in [4.78, 5) is 65.9. The quantitative estimate of drug-likeness (QED) is 0.146. The molecule has 4 aliphatic carbocycles. The second kappa shape index (κ2) is 8.33. The molecule has 198 valence electrons. The van der Waals surface area contributed by atoms with Crippen LogP contribution in [0.4, 0.5) is 17.1 Å². The fourth-order valence-electron chi connectivity index (χ4n) is 7.17. The minimum atomic E-state index is -0.771. The molecule has 10 heteroatoms. The summed E-state index contributed by atoms with van der Waals surface area (Å²) in [5.41, 5.74) is 1.09. The van der Waals surface area contributed by atoms with Gasteiger partial charge in [0, 0.05) is 30.7 Å². The topological polar surface area (TPSA) is 127 Å². The maximum Gasteiger partial charge on any atom is 0.316 e. The van der Waals surface area contributed by atoms with Crippen molar-refractivity contribution in [2.75, 3.05) is 16.3 Å². The number of rotatable bonds is 5. The minimum absolute atomic E-state index is 0.0299. The number of anilines is 2. The number of hydrogen-bond acceptors (Lipinski definition) is 7. The third kappa shape index (κ3) is 3.54. The second-order valence-corrected chi connectivity index (χ2v) is 11.2. The first-order valence-electron chi connectivity index (χ1n) is 13.2. The van der Waals surface area contributed by atoms with Gasteiger partial charge in [-0.25, -0.2) is 4.90 Å². The Morgan fingerprint density at radius 2 is 1.67 bits per heavy atom. The van der Waals surface area contributed by atoms with Gasteiger partial charge in [0.15, 0.2) is 0 Å². The third-order valence-electron chi connectivity index (χ3n) is 9.12. The lowest BCUT2D eigenvalue weighted by atomic mass is 9.63. The highest BCUT2D eigenvalue weighted by Crippen LogP contribution is 2.65. The van der Waals surface area contributed by atoms with Crippen LogP contribution >= 0.6 is 0 Å². The van der Waals surface area contributed by atoms with Crippen molar-refractivity contribution >= 4 is 40.8 Å². The number of ether oxygens (including phenoxy) is 1. The number of esters is 1. The van der Waals surface area contributed by atoms with E-state index in [4.69, 9.17) is 4.74 Å². The number of benzene rings is 2. The molecule has 4 fully saturated rings. The Kier molecular flexibility index (Phi) is 5.07. The number of carbonyl (C=O) groups is 4. The summed E-state index contributed by atoms with van der Waals surface area (Å²) in [5, 5.41) is 11.3. The Morgan fingerprint density at radius 3 is 2.33 bits per heavy atom. The van der Waals surface area contributed by atoms with Crippen LogP contribution in [0.1, 0.15) is 18.4 Å². The molecule has 2 saturated carbocycles. The molecular weight excluding hydrogens is 502 g/mol. The Labute approximate surface area is 223 Å². The molecule has 0 unspecified atom stereocenters. The Bertz CT molecular complexity index is 1480. The van der Waals surface area contributed by atoms with Gasteiger partial charge in [0.2, 0.25) is 17.7 Å². The zero-order valence-electron chi connectivity index (χ0n) is 21.1. The summed E-state index contributed by atoms with van der Waals surface area (Å²) >= 11 is 0. The first-order valence-corrected chi connectivity index (χ1v) is 13.2. The highest BCUT2D eigenvalue weighted by Gasteiger charge is 2.67. The number of hydrogen-bond donors (Lipinski definition) is 0. The van der Waals surface area contributed by atoms with Crippen molar-refractivity contribution in [2.24, 2.45) is 41.4 Å². The lowest BCUT2D eigenvalue weighted by Gasteiger charge is -2.37. The molecule has 3 amide bonds. The molecule has 39 heavy (non-hydrogen) atoms. The molecule has 0 spiro atoms. The highest BCUT2D eigenvalue weighted by atomic mass is 16.6. The van der Waals surface area contributed by atoms with Crippen LogP contribution < -0.4 is 14.5 Å². The summed E-state index contributed by atoms with van der Waals surface area (Å²) in [6.07, 6.45) is 5.23. The van der Waals surface area contributed by atoms with Gasteiger partial charge in [0.25, 0.3) is 5.69 Å². The molecule has 2 aromatic rings. The van der Waals surface area contributed by atoms with Gasteiger partial charge in [0.05, 0.1) is 34.1 Å². The average Bonchev–Trinajstić information content (AvgIpc) is 3.59. The molecule has 0 aromatic heterocycles. The molecular formula is C29H25N3O7. The predicted octanol–water partition coefficient (Wildman–Crippen LogP) is 3.42. The van der Waals surface area contributed by atoms with Crippen molar-refractivity contribution in [1.82, 2.24) is 0 Å². The van der Waals surface area contributed by atoms with Gasteiger partial charge < -0.3 is 9.64 Å². The second-order valence-electron chi connectivity index (χ2n) is 11.2. The number of imide groups is 1. The van der Waals surface area contributed by atoms with E-state index in [9.17, 15) is 29.3 Å². The third-order valence-corrected chi connectivity index (χ3v) is 9.12. The van der Waals surface area contributed by atoms with Gasteiger partial charge in [-0.2, -0.15) is 0 Å². The molecule has 0 radical (unpaired) electrons. The zero-order valence-corrected chi connectivity index (χ0v) is 21.1.